The summed E-state index contributed by atoms with van der Waals surface area (Å²) in [5, 5.41) is 0. The molecule has 1 fully saturated rings. The lowest BCUT2D eigenvalue weighted by Crippen LogP contribution is -2.22. The lowest BCUT2D eigenvalue weighted by Gasteiger charge is -2.15. The minimum atomic E-state index is 0.869. The second-order valence-electron chi connectivity index (χ2n) is 4.59. The lowest BCUT2D eigenvalue weighted by atomic mass is 10.1. The first-order chi connectivity index (χ1) is 6.86. The van der Waals surface area contributed by atoms with Crippen LogP contribution in [0.5, 0.6) is 0 Å². The third-order valence-electron chi connectivity index (χ3n) is 3.27. The van der Waals surface area contributed by atoms with Crippen molar-refractivity contribution in [3.63, 3.8) is 0 Å². The Hall–Kier alpha value is -0.0800. The standard InChI is InChI=1S/C12H26N2/c1-2-3-4-5-9-14-10-7-12(11-14)6-8-13/h12H,2-11,13H2,1H3. The number of hydrogen-bond acceptors (Lipinski definition) is 2. The van der Waals surface area contributed by atoms with Crippen LogP contribution in [0.4, 0.5) is 0 Å². The minimum Gasteiger partial charge on any atom is -0.330 e. The summed E-state index contributed by atoms with van der Waals surface area (Å²) in [6.45, 7) is 7.09. The molecule has 1 aliphatic rings. The number of rotatable bonds is 7. The normalized spacial score (nSPS) is 23.1. The molecule has 1 unspecified atom stereocenters. The van der Waals surface area contributed by atoms with Gasteiger partial charge in [0.15, 0.2) is 0 Å². The van der Waals surface area contributed by atoms with Crippen molar-refractivity contribution in [3.05, 3.63) is 0 Å². The second-order valence-corrected chi connectivity index (χ2v) is 4.59. The molecule has 1 rings (SSSR count). The zero-order valence-corrected chi connectivity index (χ0v) is 9.67. The maximum atomic E-state index is 5.57. The fourth-order valence-corrected chi connectivity index (χ4v) is 2.35. The molecule has 0 aliphatic carbocycles. The molecule has 0 radical (unpaired) electrons. The van der Waals surface area contributed by atoms with Crippen molar-refractivity contribution < 1.29 is 0 Å². The van der Waals surface area contributed by atoms with Gasteiger partial charge in [0.2, 0.25) is 0 Å². The highest BCUT2D eigenvalue weighted by atomic mass is 15.1. The van der Waals surface area contributed by atoms with Gasteiger partial charge in [0.25, 0.3) is 0 Å². The van der Waals surface area contributed by atoms with Gasteiger partial charge in [-0.15, -0.1) is 0 Å². The maximum absolute atomic E-state index is 5.57. The second kappa shape index (κ2) is 7.24. The highest BCUT2D eigenvalue weighted by Gasteiger charge is 2.20. The predicted molar refractivity (Wildman–Crippen MR) is 62.4 cm³/mol. The molecule has 1 heterocycles. The minimum absolute atomic E-state index is 0.869. The summed E-state index contributed by atoms with van der Waals surface area (Å²) in [5.74, 6) is 0.895. The van der Waals surface area contributed by atoms with E-state index in [1.54, 1.807) is 0 Å². The van der Waals surface area contributed by atoms with Crippen LogP contribution in [0.25, 0.3) is 0 Å². The van der Waals surface area contributed by atoms with Gasteiger partial charge in [-0.3, -0.25) is 0 Å². The lowest BCUT2D eigenvalue weighted by molar-refractivity contribution is 0.312. The van der Waals surface area contributed by atoms with E-state index in [9.17, 15) is 0 Å². The molecule has 84 valence electrons. The Bertz CT molecular complexity index is 136. The van der Waals surface area contributed by atoms with Crippen molar-refractivity contribution in [2.75, 3.05) is 26.2 Å². The monoisotopic (exact) mass is 198 g/mol. The van der Waals surface area contributed by atoms with E-state index in [-0.39, 0.29) is 0 Å². The molecule has 0 aromatic heterocycles. The number of nitrogens with zero attached hydrogens (tertiary/aromatic N) is 1. The molecule has 2 N–H and O–H groups in total. The van der Waals surface area contributed by atoms with Crippen LogP contribution in [0.1, 0.15) is 45.4 Å². The van der Waals surface area contributed by atoms with E-state index < -0.39 is 0 Å². The van der Waals surface area contributed by atoms with Crippen molar-refractivity contribution in [2.24, 2.45) is 11.7 Å². The zero-order chi connectivity index (χ0) is 10.2. The first-order valence-corrected chi connectivity index (χ1v) is 6.29. The molecule has 0 aromatic carbocycles. The number of unbranched alkanes of at least 4 members (excludes halogenated alkanes) is 3. The Kier molecular flexibility index (Phi) is 6.20. The number of nitrogens with two attached hydrogens (primary N) is 1. The molecule has 2 heteroatoms. The average Bonchev–Trinajstić information content (AvgIpc) is 2.61. The largest absolute Gasteiger partial charge is 0.330 e. The van der Waals surface area contributed by atoms with Crippen LogP contribution < -0.4 is 5.73 Å². The van der Waals surface area contributed by atoms with Gasteiger partial charge >= 0.3 is 0 Å². The molecule has 2 nitrogen and oxygen atoms in total. The topological polar surface area (TPSA) is 29.3 Å². The van der Waals surface area contributed by atoms with E-state index in [0.717, 1.165) is 12.5 Å². The third kappa shape index (κ3) is 4.43. The van der Waals surface area contributed by atoms with E-state index in [1.165, 1.54) is 58.2 Å². The number of likely N-dealkylation sites (tertiary alicyclic amines) is 1. The summed E-state index contributed by atoms with van der Waals surface area (Å²) in [6.07, 6.45) is 8.16. The van der Waals surface area contributed by atoms with Crippen LogP contribution in [0.15, 0.2) is 0 Å². The van der Waals surface area contributed by atoms with Crippen LogP contribution in [0.2, 0.25) is 0 Å². The van der Waals surface area contributed by atoms with E-state index in [2.05, 4.69) is 11.8 Å². The van der Waals surface area contributed by atoms with Crippen molar-refractivity contribution in [3.8, 4) is 0 Å². The third-order valence-corrected chi connectivity index (χ3v) is 3.27. The first kappa shape index (κ1) is 12.0. The van der Waals surface area contributed by atoms with Crippen molar-refractivity contribution in [1.82, 2.24) is 4.90 Å². The number of hydrogen-bond donors (Lipinski definition) is 1. The van der Waals surface area contributed by atoms with Crippen molar-refractivity contribution >= 4 is 0 Å². The predicted octanol–water partition coefficient (Wildman–Crippen LogP) is 2.24. The fraction of sp³-hybridized carbons (Fsp3) is 1.00. The average molecular weight is 198 g/mol. The van der Waals surface area contributed by atoms with Gasteiger partial charge in [-0.05, 0) is 44.8 Å². The summed E-state index contributed by atoms with van der Waals surface area (Å²) in [5.41, 5.74) is 5.57. The Morgan fingerprint density at radius 1 is 1.29 bits per heavy atom. The van der Waals surface area contributed by atoms with Gasteiger partial charge in [-0.25, -0.2) is 0 Å². The van der Waals surface area contributed by atoms with E-state index >= 15 is 0 Å². The highest BCUT2D eigenvalue weighted by Crippen LogP contribution is 2.19. The van der Waals surface area contributed by atoms with Gasteiger partial charge < -0.3 is 10.6 Å². The van der Waals surface area contributed by atoms with Crippen molar-refractivity contribution in [2.45, 2.75) is 45.4 Å². The van der Waals surface area contributed by atoms with Crippen LogP contribution in [0.3, 0.4) is 0 Å². The molecule has 1 aliphatic heterocycles. The molecule has 0 amide bonds. The van der Waals surface area contributed by atoms with E-state index in [4.69, 9.17) is 5.73 Å². The van der Waals surface area contributed by atoms with Crippen molar-refractivity contribution in [1.29, 1.82) is 0 Å². The van der Waals surface area contributed by atoms with Gasteiger partial charge in [-0.1, -0.05) is 26.2 Å². The Morgan fingerprint density at radius 2 is 2.14 bits per heavy atom. The van der Waals surface area contributed by atoms with Crippen LogP contribution in [-0.2, 0) is 0 Å². The van der Waals surface area contributed by atoms with Gasteiger partial charge in [0.1, 0.15) is 0 Å². The Labute approximate surface area is 88.8 Å². The summed E-state index contributed by atoms with van der Waals surface area (Å²) >= 11 is 0. The maximum Gasteiger partial charge on any atom is 0.00106 e. The summed E-state index contributed by atoms with van der Waals surface area (Å²) in [7, 11) is 0. The zero-order valence-electron chi connectivity index (χ0n) is 9.67. The van der Waals surface area contributed by atoms with Gasteiger partial charge in [0.05, 0.1) is 0 Å². The molecule has 1 saturated heterocycles. The van der Waals surface area contributed by atoms with Crippen LogP contribution in [-0.4, -0.2) is 31.1 Å². The first-order valence-electron chi connectivity index (χ1n) is 6.29. The molecule has 0 bridgehead atoms. The van der Waals surface area contributed by atoms with Crippen LogP contribution >= 0.6 is 0 Å². The van der Waals surface area contributed by atoms with E-state index in [1.807, 2.05) is 0 Å². The summed E-state index contributed by atoms with van der Waals surface area (Å²) < 4.78 is 0. The molecule has 0 spiro atoms. The molecular formula is C12H26N2. The molecule has 0 aromatic rings. The van der Waals surface area contributed by atoms with E-state index in [0.29, 0.717) is 0 Å². The molecule has 14 heavy (non-hydrogen) atoms. The summed E-state index contributed by atoms with van der Waals surface area (Å²) in [6, 6.07) is 0. The highest BCUT2D eigenvalue weighted by molar-refractivity contribution is 4.75. The van der Waals surface area contributed by atoms with Gasteiger partial charge in [-0.2, -0.15) is 0 Å². The molecule has 0 saturated carbocycles. The summed E-state index contributed by atoms with van der Waals surface area (Å²) in [4.78, 5) is 2.62. The molecule has 1 atom stereocenters. The Balaban J connectivity index is 1.98. The van der Waals surface area contributed by atoms with Crippen LogP contribution in [0, 0.1) is 5.92 Å². The van der Waals surface area contributed by atoms with Gasteiger partial charge in [0, 0.05) is 6.54 Å². The SMILES string of the molecule is CCCCCCN1CCC(CCN)C1. The Morgan fingerprint density at radius 3 is 2.86 bits per heavy atom. The quantitative estimate of drug-likeness (QED) is 0.636. The molecular weight excluding hydrogens is 172 g/mol. The smallest absolute Gasteiger partial charge is 0.00106 e. The fourth-order valence-electron chi connectivity index (χ4n) is 2.35.